The van der Waals surface area contributed by atoms with E-state index in [4.69, 9.17) is 16.3 Å². The average molecular weight is 255 g/mol. The van der Waals surface area contributed by atoms with Gasteiger partial charge in [0.2, 0.25) is 0 Å². The third-order valence-electron chi connectivity index (χ3n) is 2.99. The van der Waals surface area contributed by atoms with Crippen LogP contribution in [0.4, 0.5) is 0 Å². The summed E-state index contributed by atoms with van der Waals surface area (Å²) in [5.74, 6) is 1.80. The second kappa shape index (κ2) is 6.90. The summed E-state index contributed by atoms with van der Waals surface area (Å²) in [6.07, 6.45) is 1.04. The molecule has 2 unspecified atom stereocenters. The van der Waals surface area contributed by atoms with Gasteiger partial charge in [0.05, 0.1) is 6.61 Å². The van der Waals surface area contributed by atoms with E-state index in [0.29, 0.717) is 11.8 Å². The maximum absolute atomic E-state index is 6.39. The fourth-order valence-corrected chi connectivity index (χ4v) is 1.99. The van der Waals surface area contributed by atoms with E-state index < -0.39 is 0 Å². The summed E-state index contributed by atoms with van der Waals surface area (Å²) in [6, 6.07) is 8.30. The van der Waals surface area contributed by atoms with Gasteiger partial charge in [-0.1, -0.05) is 39.8 Å². The van der Waals surface area contributed by atoms with Crippen molar-refractivity contribution in [3.63, 3.8) is 0 Å². The summed E-state index contributed by atoms with van der Waals surface area (Å²) < 4.78 is 5.56. The van der Waals surface area contributed by atoms with Crippen LogP contribution in [0.1, 0.15) is 45.6 Å². The molecule has 17 heavy (non-hydrogen) atoms. The van der Waals surface area contributed by atoms with Crippen LogP contribution in [-0.4, -0.2) is 12.0 Å². The zero-order valence-electron chi connectivity index (χ0n) is 11.2. The molecular formula is C15H23ClO. The first-order valence-electron chi connectivity index (χ1n) is 6.43. The number of halogens is 1. The molecule has 1 aromatic carbocycles. The molecule has 0 N–H and O–H groups in total. The molecule has 0 aliphatic rings. The predicted molar refractivity (Wildman–Crippen MR) is 75.1 cm³/mol. The highest BCUT2D eigenvalue weighted by Gasteiger charge is 2.19. The first-order chi connectivity index (χ1) is 8.06. The van der Waals surface area contributed by atoms with E-state index >= 15 is 0 Å². The van der Waals surface area contributed by atoms with Crippen molar-refractivity contribution in [1.29, 1.82) is 0 Å². The summed E-state index contributed by atoms with van der Waals surface area (Å²) in [6.45, 7) is 9.38. The molecule has 2 atom stereocenters. The maximum atomic E-state index is 6.39. The molecule has 0 heterocycles. The van der Waals surface area contributed by atoms with E-state index in [1.807, 2.05) is 12.1 Å². The van der Waals surface area contributed by atoms with E-state index in [2.05, 4.69) is 39.8 Å². The molecule has 1 aromatic rings. The Labute approximate surface area is 110 Å². The van der Waals surface area contributed by atoms with Crippen LogP contribution in [0.25, 0.3) is 0 Å². The molecule has 0 amide bonds. The lowest BCUT2D eigenvalue weighted by Crippen LogP contribution is -2.16. The Hall–Kier alpha value is -0.690. The quantitative estimate of drug-likeness (QED) is 0.660. The molecule has 0 aromatic heterocycles. The first kappa shape index (κ1) is 14.4. The van der Waals surface area contributed by atoms with E-state index in [1.54, 1.807) is 0 Å². The highest BCUT2D eigenvalue weighted by molar-refractivity contribution is 6.21. The van der Waals surface area contributed by atoms with Crippen LogP contribution in [0.3, 0.4) is 0 Å². The summed E-state index contributed by atoms with van der Waals surface area (Å²) in [7, 11) is 0. The monoisotopic (exact) mass is 254 g/mol. The molecule has 0 saturated heterocycles. The molecule has 0 fully saturated rings. The van der Waals surface area contributed by atoms with Crippen LogP contribution in [-0.2, 0) is 0 Å². The normalized spacial score (nSPS) is 14.7. The third kappa shape index (κ3) is 4.23. The summed E-state index contributed by atoms with van der Waals surface area (Å²) >= 11 is 6.39. The first-order valence-corrected chi connectivity index (χ1v) is 6.86. The van der Waals surface area contributed by atoms with Crippen molar-refractivity contribution < 1.29 is 4.74 Å². The van der Waals surface area contributed by atoms with Gasteiger partial charge in [0.25, 0.3) is 0 Å². The highest BCUT2D eigenvalue weighted by atomic mass is 35.5. The van der Waals surface area contributed by atoms with Crippen molar-refractivity contribution in [2.75, 3.05) is 6.61 Å². The second-order valence-corrected chi connectivity index (χ2v) is 5.40. The fraction of sp³-hybridized carbons (Fsp3) is 0.600. The molecule has 0 bridgehead atoms. The lowest BCUT2D eigenvalue weighted by atomic mass is 9.91. The molecule has 1 nitrogen and oxygen atoms in total. The van der Waals surface area contributed by atoms with Gasteiger partial charge in [-0.3, -0.25) is 0 Å². The number of hydrogen-bond donors (Lipinski definition) is 0. The minimum absolute atomic E-state index is 0.178. The van der Waals surface area contributed by atoms with Crippen molar-refractivity contribution >= 4 is 11.6 Å². The van der Waals surface area contributed by atoms with E-state index in [1.165, 1.54) is 5.56 Å². The van der Waals surface area contributed by atoms with E-state index in [9.17, 15) is 0 Å². The van der Waals surface area contributed by atoms with Crippen LogP contribution < -0.4 is 4.74 Å². The van der Waals surface area contributed by atoms with Gasteiger partial charge in [0.1, 0.15) is 5.75 Å². The Morgan fingerprint density at radius 3 is 2.18 bits per heavy atom. The van der Waals surface area contributed by atoms with Crippen LogP contribution in [0.5, 0.6) is 5.75 Å². The number of alkyl halides is 1. The summed E-state index contributed by atoms with van der Waals surface area (Å²) in [5, 5.41) is 0.178. The Morgan fingerprint density at radius 2 is 1.71 bits per heavy atom. The van der Waals surface area contributed by atoms with Gasteiger partial charge in [0, 0.05) is 5.38 Å². The molecule has 96 valence electrons. The molecule has 0 saturated carbocycles. The van der Waals surface area contributed by atoms with Crippen LogP contribution >= 0.6 is 11.6 Å². The van der Waals surface area contributed by atoms with Crippen molar-refractivity contribution in [3.05, 3.63) is 29.8 Å². The van der Waals surface area contributed by atoms with Crippen LogP contribution in [0.2, 0.25) is 0 Å². The molecular weight excluding hydrogens is 232 g/mol. The van der Waals surface area contributed by atoms with Crippen molar-refractivity contribution in [3.8, 4) is 5.75 Å². The van der Waals surface area contributed by atoms with Crippen LogP contribution in [0, 0.1) is 5.92 Å². The van der Waals surface area contributed by atoms with Gasteiger partial charge >= 0.3 is 0 Å². The smallest absolute Gasteiger partial charge is 0.119 e. The largest absolute Gasteiger partial charge is 0.494 e. The standard InChI is InChI=1S/C15H23ClO/c1-5-10-17-14-8-6-13(7-9-14)12(4)15(16)11(2)3/h6-9,11-12,15H,5,10H2,1-4H3. The highest BCUT2D eigenvalue weighted by Crippen LogP contribution is 2.29. The minimum Gasteiger partial charge on any atom is -0.494 e. The fourth-order valence-electron chi connectivity index (χ4n) is 1.85. The zero-order chi connectivity index (χ0) is 12.8. The maximum Gasteiger partial charge on any atom is 0.119 e. The van der Waals surface area contributed by atoms with Crippen molar-refractivity contribution in [2.45, 2.75) is 45.4 Å². The molecule has 0 spiro atoms. The van der Waals surface area contributed by atoms with Crippen molar-refractivity contribution in [2.24, 2.45) is 5.92 Å². The Morgan fingerprint density at radius 1 is 1.12 bits per heavy atom. The molecule has 2 heteroatoms. The van der Waals surface area contributed by atoms with Gasteiger partial charge < -0.3 is 4.74 Å². The number of benzene rings is 1. The van der Waals surface area contributed by atoms with Gasteiger partial charge in [-0.2, -0.15) is 0 Å². The molecule has 1 rings (SSSR count). The lowest BCUT2D eigenvalue weighted by Gasteiger charge is -2.21. The zero-order valence-corrected chi connectivity index (χ0v) is 12.0. The van der Waals surface area contributed by atoms with Gasteiger partial charge in [-0.25, -0.2) is 0 Å². The predicted octanol–water partition coefficient (Wildman–Crippen LogP) is 4.84. The second-order valence-electron chi connectivity index (χ2n) is 4.89. The van der Waals surface area contributed by atoms with E-state index in [-0.39, 0.29) is 5.38 Å². The van der Waals surface area contributed by atoms with E-state index in [0.717, 1.165) is 18.8 Å². The number of hydrogen-bond acceptors (Lipinski definition) is 1. The molecule has 0 aliphatic carbocycles. The minimum atomic E-state index is 0.178. The molecule has 0 aliphatic heterocycles. The Balaban J connectivity index is 2.66. The van der Waals surface area contributed by atoms with Gasteiger partial charge in [-0.15, -0.1) is 11.6 Å². The van der Waals surface area contributed by atoms with Crippen LogP contribution in [0.15, 0.2) is 24.3 Å². The Kier molecular flexibility index (Phi) is 5.84. The number of rotatable bonds is 6. The SMILES string of the molecule is CCCOc1ccc(C(C)C(Cl)C(C)C)cc1. The van der Waals surface area contributed by atoms with Crippen molar-refractivity contribution in [1.82, 2.24) is 0 Å². The number of ether oxygens (including phenoxy) is 1. The molecule has 0 radical (unpaired) electrons. The van der Waals surface area contributed by atoms with Gasteiger partial charge in [0.15, 0.2) is 0 Å². The average Bonchev–Trinajstić information content (AvgIpc) is 2.35. The topological polar surface area (TPSA) is 9.23 Å². The third-order valence-corrected chi connectivity index (χ3v) is 3.88. The van der Waals surface area contributed by atoms with Gasteiger partial charge in [-0.05, 0) is 36.0 Å². The Bertz CT molecular complexity index is 318. The summed E-state index contributed by atoms with van der Waals surface area (Å²) in [5.41, 5.74) is 1.28. The lowest BCUT2D eigenvalue weighted by molar-refractivity contribution is 0.317. The summed E-state index contributed by atoms with van der Waals surface area (Å²) in [4.78, 5) is 0.